The normalized spacial score (nSPS) is 13.2. The average molecular weight is 283 g/mol. The van der Waals surface area contributed by atoms with E-state index >= 15 is 0 Å². The van der Waals surface area contributed by atoms with Gasteiger partial charge in [-0.2, -0.15) is 0 Å². The van der Waals surface area contributed by atoms with Crippen LogP contribution < -0.4 is 10.0 Å². The van der Waals surface area contributed by atoms with Gasteiger partial charge in [0.2, 0.25) is 0 Å². The molecule has 1 atom stereocenters. The smallest absolute Gasteiger partial charge is 0.259 e. The summed E-state index contributed by atoms with van der Waals surface area (Å²) in [6.07, 6.45) is 1.50. The van der Waals surface area contributed by atoms with E-state index < -0.39 is 10.0 Å². The summed E-state index contributed by atoms with van der Waals surface area (Å²) in [5, 5.41) is 3.02. The summed E-state index contributed by atoms with van der Waals surface area (Å²) in [4.78, 5) is 3.98. The molecule has 0 amide bonds. The first-order chi connectivity index (χ1) is 7.36. The third-order valence-corrected chi connectivity index (χ3v) is 3.73. The molecule has 100 valence electrons. The highest BCUT2D eigenvalue weighted by atomic mass is 35.5. The van der Waals surface area contributed by atoms with Gasteiger partial charge in [-0.05, 0) is 20.9 Å². The number of halogens is 1. The molecule has 0 saturated heterocycles. The molecular formula is C9H19ClN4O2S. The zero-order chi connectivity index (χ0) is 12.3. The molecule has 1 heterocycles. The Morgan fingerprint density at radius 1 is 1.53 bits per heavy atom. The average Bonchev–Trinajstić information content (AvgIpc) is 2.56. The summed E-state index contributed by atoms with van der Waals surface area (Å²) in [6.45, 7) is 4.00. The minimum absolute atomic E-state index is 0. The molecule has 0 aliphatic carbocycles. The lowest BCUT2D eigenvalue weighted by atomic mass is 10.4. The number of imidazole rings is 1. The van der Waals surface area contributed by atoms with Gasteiger partial charge in [0.25, 0.3) is 10.0 Å². The molecule has 2 N–H and O–H groups in total. The van der Waals surface area contributed by atoms with Crippen molar-refractivity contribution >= 4 is 22.4 Å². The van der Waals surface area contributed by atoms with E-state index in [1.54, 1.807) is 25.6 Å². The molecule has 1 aromatic heterocycles. The Hall–Kier alpha value is -0.630. The van der Waals surface area contributed by atoms with E-state index in [0.29, 0.717) is 12.4 Å². The Bertz CT molecular complexity index is 438. The number of rotatable bonds is 5. The molecule has 0 spiro atoms. The molecule has 1 aromatic rings. The molecule has 1 unspecified atom stereocenters. The molecule has 0 bridgehead atoms. The van der Waals surface area contributed by atoms with Crippen molar-refractivity contribution in [3.05, 3.63) is 12.0 Å². The minimum atomic E-state index is -3.49. The molecule has 17 heavy (non-hydrogen) atoms. The first-order valence-corrected chi connectivity index (χ1v) is 6.52. The van der Waals surface area contributed by atoms with Crippen molar-refractivity contribution in [1.82, 2.24) is 19.6 Å². The Morgan fingerprint density at radius 3 is 2.53 bits per heavy atom. The first-order valence-electron chi connectivity index (χ1n) is 5.03. The molecule has 6 nitrogen and oxygen atoms in total. The zero-order valence-corrected chi connectivity index (χ0v) is 12.0. The summed E-state index contributed by atoms with van der Waals surface area (Å²) in [6, 6.07) is 0.0829. The predicted molar refractivity (Wildman–Crippen MR) is 68.9 cm³/mol. The van der Waals surface area contributed by atoms with Crippen LogP contribution in [0.4, 0.5) is 0 Å². The van der Waals surface area contributed by atoms with Crippen LogP contribution in [0.25, 0.3) is 0 Å². The van der Waals surface area contributed by atoms with E-state index in [4.69, 9.17) is 0 Å². The summed E-state index contributed by atoms with van der Waals surface area (Å²) in [5.74, 6) is 0.669. The lowest BCUT2D eigenvalue weighted by molar-refractivity contribution is 0.552. The maximum Gasteiger partial charge on any atom is 0.259 e. The Labute approximate surface area is 108 Å². The fourth-order valence-corrected chi connectivity index (χ4v) is 2.23. The van der Waals surface area contributed by atoms with Crippen molar-refractivity contribution in [2.75, 3.05) is 13.6 Å². The maximum atomic E-state index is 11.8. The van der Waals surface area contributed by atoms with Gasteiger partial charge in [0.1, 0.15) is 5.82 Å². The van der Waals surface area contributed by atoms with Gasteiger partial charge in [-0.15, -0.1) is 12.4 Å². The third kappa shape index (κ3) is 4.27. The van der Waals surface area contributed by atoms with Crippen LogP contribution in [0.3, 0.4) is 0 Å². The van der Waals surface area contributed by atoms with E-state index in [0.717, 1.165) is 0 Å². The third-order valence-electron chi connectivity index (χ3n) is 2.43. The van der Waals surface area contributed by atoms with Gasteiger partial charge in [0.15, 0.2) is 5.03 Å². The van der Waals surface area contributed by atoms with Crippen LogP contribution in [-0.4, -0.2) is 37.6 Å². The van der Waals surface area contributed by atoms with Gasteiger partial charge in [0.05, 0.1) is 0 Å². The van der Waals surface area contributed by atoms with Gasteiger partial charge in [-0.25, -0.2) is 18.1 Å². The van der Waals surface area contributed by atoms with Crippen LogP contribution in [0.15, 0.2) is 11.2 Å². The largest absolute Gasteiger partial charge is 0.337 e. The van der Waals surface area contributed by atoms with E-state index in [1.807, 2.05) is 6.92 Å². The van der Waals surface area contributed by atoms with Crippen molar-refractivity contribution < 1.29 is 8.42 Å². The SMILES string of the molecule is CNC(C)CNS(=O)(=O)c1cn(C)c(C)n1.Cl. The van der Waals surface area contributed by atoms with Crippen LogP contribution in [-0.2, 0) is 17.1 Å². The Kier molecular flexibility index (Phi) is 6.11. The molecule has 0 aliphatic rings. The van der Waals surface area contributed by atoms with Crippen LogP contribution in [0, 0.1) is 6.92 Å². The van der Waals surface area contributed by atoms with E-state index in [2.05, 4.69) is 15.0 Å². The highest BCUT2D eigenvalue weighted by Gasteiger charge is 2.18. The first kappa shape index (κ1) is 16.4. The second-order valence-corrected chi connectivity index (χ2v) is 5.49. The Morgan fingerprint density at radius 2 is 2.12 bits per heavy atom. The number of aromatic nitrogens is 2. The molecule has 0 aliphatic heterocycles. The lowest BCUT2D eigenvalue weighted by Crippen LogP contribution is -2.37. The van der Waals surface area contributed by atoms with Crippen LogP contribution in [0.1, 0.15) is 12.7 Å². The number of nitrogens with one attached hydrogen (secondary N) is 2. The molecule has 0 radical (unpaired) electrons. The molecular weight excluding hydrogens is 264 g/mol. The molecule has 0 aromatic carbocycles. The molecule has 0 saturated carbocycles. The molecule has 1 rings (SSSR count). The van der Waals surface area contributed by atoms with Gasteiger partial charge < -0.3 is 9.88 Å². The predicted octanol–water partition coefficient (Wildman–Crippen LogP) is 0.0365. The van der Waals surface area contributed by atoms with Crippen molar-refractivity contribution in [3.8, 4) is 0 Å². The number of hydrogen-bond donors (Lipinski definition) is 2. The van der Waals surface area contributed by atoms with Gasteiger partial charge in [-0.3, -0.25) is 0 Å². The number of hydrogen-bond acceptors (Lipinski definition) is 4. The summed E-state index contributed by atoms with van der Waals surface area (Å²) >= 11 is 0. The van der Waals surface area contributed by atoms with Crippen LogP contribution in [0.2, 0.25) is 0 Å². The fraction of sp³-hybridized carbons (Fsp3) is 0.667. The lowest BCUT2D eigenvalue weighted by Gasteiger charge is -2.10. The Balaban J connectivity index is 0.00000256. The number of likely N-dealkylation sites (N-methyl/N-ethyl adjacent to an activating group) is 1. The maximum absolute atomic E-state index is 11.8. The second kappa shape index (κ2) is 6.34. The second-order valence-electron chi connectivity index (χ2n) is 3.78. The van der Waals surface area contributed by atoms with Crippen LogP contribution in [0.5, 0.6) is 0 Å². The van der Waals surface area contributed by atoms with Crippen molar-refractivity contribution in [3.63, 3.8) is 0 Å². The van der Waals surface area contributed by atoms with E-state index in [1.165, 1.54) is 6.20 Å². The van der Waals surface area contributed by atoms with Crippen molar-refractivity contribution in [1.29, 1.82) is 0 Å². The monoisotopic (exact) mass is 282 g/mol. The summed E-state index contributed by atoms with van der Waals surface area (Å²) in [5.41, 5.74) is 0. The minimum Gasteiger partial charge on any atom is -0.337 e. The molecule has 8 heteroatoms. The number of aryl methyl sites for hydroxylation is 2. The number of sulfonamides is 1. The fourth-order valence-electron chi connectivity index (χ4n) is 1.07. The molecule has 0 fully saturated rings. The highest BCUT2D eigenvalue weighted by molar-refractivity contribution is 7.89. The highest BCUT2D eigenvalue weighted by Crippen LogP contribution is 2.06. The summed E-state index contributed by atoms with van der Waals surface area (Å²) < 4.78 is 27.8. The van der Waals surface area contributed by atoms with Crippen LogP contribution >= 0.6 is 12.4 Å². The van der Waals surface area contributed by atoms with Gasteiger partial charge in [0, 0.05) is 25.8 Å². The standard InChI is InChI=1S/C9H18N4O2S.ClH/c1-7(10-3)5-11-16(14,15)9-6-13(4)8(2)12-9;/h6-7,10-11H,5H2,1-4H3;1H. The van der Waals surface area contributed by atoms with Crippen molar-refractivity contribution in [2.24, 2.45) is 7.05 Å². The van der Waals surface area contributed by atoms with E-state index in [9.17, 15) is 8.42 Å². The topological polar surface area (TPSA) is 76.0 Å². The summed E-state index contributed by atoms with van der Waals surface area (Å²) in [7, 11) is 0.0541. The van der Waals surface area contributed by atoms with Gasteiger partial charge in [-0.1, -0.05) is 0 Å². The zero-order valence-electron chi connectivity index (χ0n) is 10.4. The van der Waals surface area contributed by atoms with E-state index in [-0.39, 0.29) is 23.5 Å². The number of nitrogens with zero attached hydrogens (tertiary/aromatic N) is 2. The quantitative estimate of drug-likeness (QED) is 0.799. The van der Waals surface area contributed by atoms with Gasteiger partial charge >= 0.3 is 0 Å². The van der Waals surface area contributed by atoms with Crippen molar-refractivity contribution in [2.45, 2.75) is 24.9 Å².